The maximum Gasteiger partial charge on any atom is 0.441 e. The summed E-state index contributed by atoms with van der Waals surface area (Å²) in [6.45, 7) is 9.12. The zero-order valence-corrected chi connectivity index (χ0v) is 36.7. The fourth-order valence-electron chi connectivity index (χ4n) is 5.04. The Bertz CT molecular complexity index is 2160. The van der Waals surface area contributed by atoms with Crippen molar-refractivity contribution in [2.45, 2.75) is 53.0 Å². The molecule has 0 radical (unpaired) electrons. The van der Waals surface area contributed by atoms with Crippen LogP contribution in [0.5, 0.6) is 11.5 Å². The molecule has 0 unspecified atom stereocenters. The zero-order chi connectivity index (χ0) is 45.5. The van der Waals surface area contributed by atoms with Crippen molar-refractivity contribution in [2.24, 2.45) is 10.7 Å². The molecule has 0 amide bonds. The summed E-state index contributed by atoms with van der Waals surface area (Å²) >= 11 is 11.6. The van der Waals surface area contributed by atoms with Gasteiger partial charge in [-0.1, -0.05) is 47.5 Å². The molecule has 3 N–H and O–H groups in total. The molecular formula is C46H50Cl2F4N4O6. The van der Waals surface area contributed by atoms with Crippen molar-refractivity contribution in [1.82, 2.24) is 4.98 Å². The summed E-state index contributed by atoms with van der Waals surface area (Å²) in [5, 5.41) is 4.44. The molecule has 0 aliphatic rings. The average Bonchev–Trinajstić information content (AvgIpc) is 3.27. The van der Waals surface area contributed by atoms with Gasteiger partial charge in [-0.15, -0.1) is 0 Å². The molecule has 0 bridgehead atoms. The van der Waals surface area contributed by atoms with Gasteiger partial charge in [0.25, 0.3) is 0 Å². The van der Waals surface area contributed by atoms with E-state index in [2.05, 4.69) is 21.2 Å². The summed E-state index contributed by atoms with van der Waals surface area (Å²) in [4.78, 5) is 8.06. The van der Waals surface area contributed by atoms with Crippen molar-refractivity contribution in [3.63, 3.8) is 0 Å². The van der Waals surface area contributed by atoms with Gasteiger partial charge in [0.1, 0.15) is 17.2 Å². The minimum absolute atomic E-state index is 0.122. The smallest absolute Gasteiger partial charge is 0.441 e. The third-order valence-electron chi connectivity index (χ3n) is 8.02. The number of pyridine rings is 1. The van der Waals surface area contributed by atoms with Crippen LogP contribution in [0.1, 0.15) is 45.2 Å². The molecule has 62 heavy (non-hydrogen) atoms. The Hall–Kier alpha value is -5.24. The number of aliphatic imine (C=N–C) groups is 1. The van der Waals surface area contributed by atoms with Crippen molar-refractivity contribution in [1.29, 1.82) is 0 Å². The van der Waals surface area contributed by atoms with E-state index in [-0.39, 0.29) is 30.3 Å². The molecule has 0 spiro atoms. The Morgan fingerprint density at radius 3 is 1.71 bits per heavy atom. The van der Waals surface area contributed by atoms with E-state index in [0.717, 1.165) is 10.6 Å². The first kappa shape index (κ1) is 51.1. The summed E-state index contributed by atoms with van der Waals surface area (Å²) in [6.07, 6.45) is -6.40. The molecule has 0 aliphatic carbocycles. The Morgan fingerprint density at radius 1 is 0.742 bits per heavy atom. The number of hydrogen-bond acceptors (Lipinski definition) is 10. The maximum atomic E-state index is 15.4. The van der Waals surface area contributed by atoms with Crippen LogP contribution in [0.2, 0.25) is 10.0 Å². The topological polar surface area (TPSA) is 119 Å². The number of anilines is 2. The second kappa shape index (κ2) is 27.0. The quantitative estimate of drug-likeness (QED) is 0.0432. The lowest BCUT2D eigenvalue weighted by Gasteiger charge is -2.19. The molecule has 16 heteroatoms. The highest BCUT2D eigenvalue weighted by atomic mass is 35.5. The van der Waals surface area contributed by atoms with E-state index >= 15 is 4.39 Å². The monoisotopic (exact) mass is 900 g/mol. The van der Waals surface area contributed by atoms with Gasteiger partial charge >= 0.3 is 6.18 Å². The molecule has 0 aliphatic heterocycles. The second-order valence-corrected chi connectivity index (χ2v) is 13.2. The number of methoxy groups -OCH3 is 2. The molecule has 0 fully saturated rings. The first-order valence-corrected chi connectivity index (χ1v) is 20.1. The zero-order valence-electron chi connectivity index (χ0n) is 35.2. The van der Waals surface area contributed by atoms with Crippen LogP contribution in [0.25, 0.3) is 11.3 Å². The van der Waals surface area contributed by atoms with Crippen LogP contribution in [-0.4, -0.2) is 63.8 Å². The Kier molecular flexibility index (Phi) is 22.2. The number of hydrogen-bond donors (Lipinski definition) is 2. The maximum absolute atomic E-state index is 15.4. The molecule has 4 aromatic carbocycles. The van der Waals surface area contributed by atoms with Gasteiger partial charge in [0.15, 0.2) is 11.5 Å². The normalized spacial score (nSPS) is 11.2. The van der Waals surface area contributed by atoms with Crippen LogP contribution in [-0.2, 0) is 25.5 Å². The third kappa shape index (κ3) is 17.3. The summed E-state index contributed by atoms with van der Waals surface area (Å²) in [6, 6.07) is 29.0. The van der Waals surface area contributed by atoms with Crippen LogP contribution in [0.15, 0.2) is 108 Å². The third-order valence-corrected chi connectivity index (χ3v) is 8.52. The van der Waals surface area contributed by atoms with Crippen LogP contribution in [0.4, 0.5) is 34.6 Å². The standard InChI is InChI=1S/C23H24ClFN2O3.C16H18F3NO3.C7H8ClN/c1-4-29-23(30-5-2)20-14-19(26-17-10-12-18(28-3)13-11-17)21(25)22(27-20)15-6-8-16(24)9-7-15;1-4-22-15(23-5-2)11-10-14(16(17,18)19)20-12-6-8-13(21-3)9-7-12;8-7-3-1-6(5-9)2-4-7/h6-14,23H,4-5H2,1-3H3,(H,26,27);6-9,15H,4-5H2,1-3H3;1-4H,5,9H2. The lowest BCUT2D eigenvalue weighted by atomic mass is 10.1. The largest absolute Gasteiger partial charge is 0.497 e. The summed E-state index contributed by atoms with van der Waals surface area (Å²) in [5.74, 6) is 5.06. The van der Waals surface area contributed by atoms with Crippen LogP contribution < -0.4 is 20.5 Å². The number of nitrogens with two attached hydrogens (primary N) is 1. The molecule has 1 aromatic heterocycles. The first-order chi connectivity index (χ1) is 29.8. The average molecular weight is 902 g/mol. The molecule has 5 aromatic rings. The lowest BCUT2D eigenvalue weighted by Crippen LogP contribution is -2.22. The summed E-state index contributed by atoms with van der Waals surface area (Å²) in [7, 11) is 3.06. The number of ether oxygens (including phenoxy) is 6. The number of nitrogens with zero attached hydrogens (tertiary/aromatic N) is 2. The van der Waals surface area contributed by atoms with Gasteiger partial charge < -0.3 is 39.5 Å². The van der Waals surface area contributed by atoms with Crippen molar-refractivity contribution >= 4 is 46.0 Å². The molecule has 0 saturated carbocycles. The van der Waals surface area contributed by atoms with Gasteiger partial charge in [-0.3, -0.25) is 0 Å². The van der Waals surface area contributed by atoms with Crippen LogP contribution >= 0.6 is 23.2 Å². The highest BCUT2D eigenvalue weighted by molar-refractivity contribution is 6.30. The Labute approximate surface area is 370 Å². The van der Waals surface area contributed by atoms with Gasteiger partial charge in [0.05, 0.1) is 31.3 Å². The SMILES string of the molecule is CCOC(C#CC(=Nc1ccc(OC)cc1)C(F)(F)F)OCC.CCOC(OCC)c1cc(Nc2ccc(OC)cc2)c(F)c(-c2ccc(Cl)cc2)n1.NCc1ccc(Cl)cc1. The molecule has 5 rings (SSSR count). The second-order valence-electron chi connectivity index (χ2n) is 12.4. The summed E-state index contributed by atoms with van der Waals surface area (Å²) in [5.41, 5.74) is 7.60. The number of benzene rings is 4. The van der Waals surface area contributed by atoms with Gasteiger partial charge in [-0.2, -0.15) is 13.2 Å². The van der Waals surface area contributed by atoms with E-state index in [1.807, 2.05) is 56.2 Å². The van der Waals surface area contributed by atoms with Crippen molar-refractivity contribution < 1.29 is 46.0 Å². The highest BCUT2D eigenvalue weighted by Gasteiger charge is 2.35. The predicted octanol–water partition coefficient (Wildman–Crippen LogP) is 11.9. The van der Waals surface area contributed by atoms with E-state index in [9.17, 15) is 13.2 Å². The van der Waals surface area contributed by atoms with Crippen molar-refractivity contribution in [3.05, 3.63) is 130 Å². The van der Waals surface area contributed by atoms with Crippen LogP contribution in [0.3, 0.4) is 0 Å². The molecule has 0 atom stereocenters. The number of halogens is 6. The fraction of sp³-hybridized carbons (Fsp3) is 0.304. The molecular weight excluding hydrogens is 851 g/mol. The number of nitrogens with one attached hydrogen (secondary N) is 1. The fourth-order valence-corrected chi connectivity index (χ4v) is 5.29. The molecule has 0 saturated heterocycles. The Morgan fingerprint density at radius 2 is 1.24 bits per heavy atom. The predicted molar refractivity (Wildman–Crippen MR) is 237 cm³/mol. The van der Waals surface area contributed by atoms with Crippen LogP contribution in [0, 0.1) is 17.7 Å². The summed E-state index contributed by atoms with van der Waals surface area (Å²) < 4.78 is 86.2. The van der Waals surface area contributed by atoms with E-state index < -0.39 is 30.3 Å². The Balaban J connectivity index is 0.000000282. The molecule has 10 nitrogen and oxygen atoms in total. The van der Waals surface area contributed by atoms with Gasteiger partial charge in [-0.05, 0) is 124 Å². The van der Waals surface area contributed by atoms with Crippen molar-refractivity contribution in [3.8, 4) is 34.6 Å². The minimum atomic E-state index is -4.67. The van der Waals surface area contributed by atoms with E-state index in [4.69, 9.17) is 57.4 Å². The van der Waals surface area contributed by atoms with E-state index in [1.54, 1.807) is 63.4 Å². The molecule has 1 heterocycles. The molecule has 332 valence electrons. The number of alkyl halides is 3. The van der Waals surface area contributed by atoms with E-state index in [1.165, 1.54) is 31.4 Å². The highest BCUT2D eigenvalue weighted by Crippen LogP contribution is 2.33. The number of aromatic nitrogens is 1. The van der Waals surface area contributed by atoms with E-state index in [0.29, 0.717) is 53.2 Å². The van der Waals surface area contributed by atoms with Gasteiger partial charge in [0.2, 0.25) is 12.6 Å². The minimum Gasteiger partial charge on any atom is -0.497 e. The van der Waals surface area contributed by atoms with Gasteiger partial charge in [-0.25, -0.2) is 14.4 Å². The number of rotatable bonds is 16. The van der Waals surface area contributed by atoms with Gasteiger partial charge in [0, 0.05) is 54.3 Å². The lowest BCUT2D eigenvalue weighted by molar-refractivity contribution is -0.142. The van der Waals surface area contributed by atoms with Crippen molar-refractivity contribution in [2.75, 3.05) is 46.0 Å². The first-order valence-electron chi connectivity index (χ1n) is 19.4.